The Bertz CT molecular complexity index is 669. The van der Waals surface area contributed by atoms with Crippen LogP contribution >= 0.6 is 0 Å². The molecule has 2 N–H and O–H groups in total. The molecule has 1 saturated heterocycles. The van der Waals surface area contributed by atoms with Crippen molar-refractivity contribution < 1.29 is 14.7 Å². The molecule has 0 bridgehead atoms. The van der Waals surface area contributed by atoms with Gasteiger partial charge >= 0.3 is 5.97 Å². The van der Waals surface area contributed by atoms with Crippen LogP contribution in [0.15, 0.2) is 30.5 Å². The lowest BCUT2D eigenvalue weighted by molar-refractivity contribution is -0.138. The van der Waals surface area contributed by atoms with Gasteiger partial charge in [0.15, 0.2) is 0 Å². The van der Waals surface area contributed by atoms with Gasteiger partial charge in [0.25, 0.3) is 5.91 Å². The third-order valence-electron chi connectivity index (χ3n) is 4.18. The number of para-hydroxylation sites is 1. The summed E-state index contributed by atoms with van der Waals surface area (Å²) in [7, 11) is 0. The molecule has 0 unspecified atom stereocenters. The highest BCUT2D eigenvalue weighted by atomic mass is 16.4. The summed E-state index contributed by atoms with van der Waals surface area (Å²) in [5.41, 5.74) is 1.56. The summed E-state index contributed by atoms with van der Waals surface area (Å²) in [5, 5.41) is 9.86. The molecular formula is C16H18N2O3. The summed E-state index contributed by atoms with van der Waals surface area (Å²) < 4.78 is 0. The standard InChI is InChI=1S/C16H18N2O3/c19-14(20)10-11-5-8-18(9-6-11)16(21)13-3-1-2-12-4-7-17-15(12)13/h1-4,7,11,17H,5-6,8-10H2,(H,19,20). The molecule has 0 atom stereocenters. The second kappa shape index (κ2) is 5.60. The number of fused-ring (bicyclic) bond motifs is 1. The third-order valence-corrected chi connectivity index (χ3v) is 4.18. The number of nitrogens with one attached hydrogen (secondary N) is 1. The second-order valence-corrected chi connectivity index (χ2v) is 5.58. The molecule has 110 valence electrons. The highest BCUT2D eigenvalue weighted by molar-refractivity contribution is 6.05. The van der Waals surface area contributed by atoms with Crippen molar-refractivity contribution in [2.75, 3.05) is 13.1 Å². The lowest BCUT2D eigenvalue weighted by Gasteiger charge is -2.31. The lowest BCUT2D eigenvalue weighted by Crippen LogP contribution is -2.39. The van der Waals surface area contributed by atoms with Crippen molar-refractivity contribution in [3.8, 4) is 0 Å². The lowest BCUT2D eigenvalue weighted by atomic mass is 9.93. The Morgan fingerprint density at radius 2 is 2.00 bits per heavy atom. The maximum atomic E-state index is 12.6. The number of aliphatic carboxylic acids is 1. The Kier molecular flexibility index (Phi) is 3.64. The molecule has 1 aliphatic rings. The van der Waals surface area contributed by atoms with E-state index in [0.29, 0.717) is 18.7 Å². The molecule has 1 fully saturated rings. The van der Waals surface area contributed by atoms with Crippen LogP contribution in [0.1, 0.15) is 29.6 Å². The highest BCUT2D eigenvalue weighted by Gasteiger charge is 2.25. The van der Waals surface area contributed by atoms with E-state index in [2.05, 4.69) is 4.98 Å². The Morgan fingerprint density at radius 1 is 1.24 bits per heavy atom. The van der Waals surface area contributed by atoms with Crippen molar-refractivity contribution in [3.63, 3.8) is 0 Å². The molecule has 21 heavy (non-hydrogen) atoms. The first-order chi connectivity index (χ1) is 10.1. The molecular weight excluding hydrogens is 268 g/mol. The molecule has 1 aromatic carbocycles. The van der Waals surface area contributed by atoms with Gasteiger partial charge in [0, 0.05) is 31.1 Å². The number of carbonyl (C=O) groups excluding carboxylic acids is 1. The van der Waals surface area contributed by atoms with Gasteiger partial charge in [-0.3, -0.25) is 9.59 Å². The largest absolute Gasteiger partial charge is 0.481 e. The summed E-state index contributed by atoms with van der Waals surface area (Å²) in [6.07, 6.45) is 3.56. The molecule has 2 aromatic rings. The topological polar surface area (TPSA) is 73.4 Å². The van der Waals surface area contributed by atoms with Crippen LogP contribution in [0.4, 0.5) is 0 Å². The number of benzene rings is 1. The van der Waals surface area contributed by atoms with Gasteiger partial charge in [0.05, 0.1) is 11.1 Å². The minimum absolute atomic E-state index is 0.0248. The van der Waals surface area contributed by atoms with Crippen molar-refractivity contribution in [3.05, 3.63) is 36.0 Å². The second-order valence-electron chi connectivity index (χ2n) is 5.58. The Labute approximate surface area is 122 Å². The quantitative estimate of drug-likeness (QED) is 0.910. The average Bonchev–Trinajstić information content (AvgIpc) is 2.95. The molecule has 2 heterocycles. The van der Waals surface area contributed by atoms with E-state index in [1.807, 2.05) is 35.4 Å². The van der Waals surface area contributed by atoms with Crippen LogP contribution < -0.4 is 0 Å². The van der Waals surface area contributed by atoms with E-state index in [1.165, 1.54) is 0 Å². The Morgan fingerprint density at radius 3 is 2.71 bits per heavy atom. The van der Waals surface area contributed by atoms with E-state index in [4.69, 9.17) is 5.11 Å². The van der Waals surface area contributed by atoms with Crippen LogP contribution in [-0.4, -0.2) is 40.0 Å². The molecule has 1 aromatic heterocycles. The van der Waals surface area contributed by atoms with E-state index in [1.54, 1.807) is 0 Å². The minimum Gasteiger partial charge on any atom is -0.481 e. The van der Waals surface area contributed by atoms with Crippen molar-refractivity contribution in [1.82, 2.24) is 9.88 Å². The van der Waals surface area contributed by atoms with Crippen LogP contribution in [0.3, 0.4) is 0 Å². The fraction of sp³-hybridized carbons (Fsp3) is 0.375. The van der Waals surface area contributed by atoms with Crippen molar-refractivity contribution >= 4 is 22.8 Å². The summed E-state index contributed by atoms with van der Waals surface area (Å²) in [5.74, 6) is -0.541. The molecule has 0 saturated carbocycles. The summed E-state index contributed by atoms with van der Waals surface area (Å²) in [6, 6.07) is 7.65. The van der Waals surface area contributed by atoms with Gasteiger partial charge < -0.3 is 15.0 Å². The van der Waals surface area contributed by atoms with E-state index < -0.39 is 5.97 Å². The number of likely N-dealkylation sites (tertiary alicyclic amines) is 1. The van der Waals surface area contributed by atoms with Crippen molar-refractivity contribution in [2.24, 2.45) is 5.92 Å². The molecule has 5 heteroatoms. The molecule has 3 rings (SSSR count). The Hall–Kier alpha value is -2.30. The highest BCUT2D eigenvalue weighted by Crippen LogP contribution is 2.24. The number of hydrogen-bond acceptors (Lipinski definition) is 2. The fourth-order valence-electron chi connectivity index (χ4n) is 3.02. The molecule has 0 radical (unpaired) electrons. The number of aromatic nitrogens is 1. The first-order valence-electron chi connectivity index (χ1n) is 7.22. The fourth-order valence-corrected chi connectivity index (χ4v) is 3.02. The SMILES string of the molecule is O=C(O)CC1CCN(C(=O)c2cccc3cc[nH]c23)CC1. The number of carboxylic acids is 1. The van der Waals surface area contributed by atoms with Crippen molar-refractivity contribution in [1.29, 1.82) is 0 Å². The van der Waals surface area contributed by atoms with Crippen LogP contribution in [0, 0.1) is 5.92 Å². The van der Waals surface area contributed by atoms with Crippen LogP contribution in [-0.2, 0) is 4.79 Å². The number of nitrogens with zero attached hydrogens (tertiary/aromatic N) is 1. The summed E-state index contributed by atoms with van der Waals surface area (Å²) in [6.45, 7) is 1.27. The molecule has 5 nitrogen and oxygen atoms in total. The van der Waals surface area contributed by atoms with Gasteiger partial charge in [-0.15, -0.1) is 0 Å². The molecule has 0 spiro atoms. The number of H-pyrrole nitrogens is 1. The van der Waals surface area contributed by atoms with Crippen molar-refractivity contribution in [2.45, 2.75) is 19.3 Å². The Balaban J connectivity index is 1.72. The zero-order valence-electron chi connectivity index (χ0n) is 11.7. The van der Waals surface area contributed by atoms with Gasteiger partial charge in [-0.2, -0.15) is 0 Å². The number of rotatable bonds is 3. The number of piperidine rings is 1. The van der Waals surface area contributed by atoms with Gasteiger partial charge in [-0.05, 0) is 30.9 Å². The van der Waals surface area contributed by atoms with E-state index in [-0.39, 0.29) is 18.2 Å². The van der Waals surface area contributed by atoms with E-state index in [0.717, 1.165) is 23.7 Å². The maximum absolute atomic E-state index is 12.6. The number of carboxylic acid groups (broad SMARTS) is 1. The van der Waals surface area contributed by atoms with Gasteiger partial charge in [-0.25, -0.2) is 0 Å². The zero-order chi connectivity index (χ0) is 14.8. The molecule has 0 aliphatic carbocycles. The minimum atomic E-state index is -0.754. The monoisotopic (exact) mass is 286 g/mol. The van der Waals surface area contributed by atoms with Crippen LogP contribution in [0.5, 0.6) is 0 Å². The third kappa shape index (κ3) is 2.77. The number of hydrogen-bond donors (Lipinski definition) is 2. The van der Waals surface area contributed by atoms with Gasteiger partial charge in [-0.1, -0.05) is 12.1 Å². The number of amides is 1. The predicted molar refractivity (Wildman–Crippen MR) is 79.2 cm³/mol. The van der Waals surface area contributed by atoms with Crippen LogP contribution in [0.25, 0.3) is 10.9 Å². The average molecular weight is 286 g/mol. The first-order valence-corrected chi connectivity index (χ1v) is 7.22. The number of carbonyl (C=O) groups is 2. The van der Waals surface area contributed by atoms with Gasteiger partial charge in [0.1, 0.15) is 0 Å². The first kappa shape index (κ1) is 13.7. The predicted octanol–water partition coefficient (Wildman–Crippen LogP) is 2.49. The number of aromatic amines is 1. The van der Waals surface area contributed by atoms with E-state index >= 15 is 0 Å². The van der Waals surface area contributed by atoms with Gasteiger partial charge in [0.2, 0.25) is 0 Å². The molecule has 1 aliphatic heterocycles. The summed E-state index contributed by atoms with van der Waals surface area (Å²) >= 11 is 0. The van der Waals surface area contributed by atoms with E-state index in [9.17, 15) is 9.59 Å². The smallest absolute Gasteiger partial charge is 0.303 e. The maximum Gasteiger partial charge on any atom is 0.303 e. The summed E-state index contributed by atoms with van der Waals surface area (Å²) in [4.78, 5) is 28.3. The zero-order valence-corrected chi connectivity index (χ0v) is 11.7. The van der Waals surface area contributed by atoms with Crippen LogP contribution in [0.2, 0.25) is 0 Å². The molecule has 1 amide bonds. The normalized spacial score (nSPS) is 16.3.